The number of nitrogens with zero attached hydrogens (tertiary/aromatic N) is 2. The van der Waals surface area contributed by atoms with Crippen LogP contribution in [0.3, 0.4) is 0 Å². The number of hydrogen-bond acceptors (Lipinski definition) is 3. The lowest BCUT2D eigenvalue weighted by Crippen LogP contribution is -2.27. The highest BCUT2D eigenvalue weighted by molar-refractivity contribution is 6.30. The van der Waals surface area contributed by atoms with Crippen molar-refractivity contribution in [2.45, 2.75) is 12.8 Å². The van der Waals surface area contributed by atoms with Crippen LogP contribution in [0, 0.1) is 0 Å². The van der Waals surface area contributed by atoms with Gasteiger partial charge in [0.15, 0.2) is 0 Å². The lowest BCUT2D eigenvalue weighted by atomic mass is 10.3. The molecule has 6 nitrogen and oxygen atoms in total. The molecule has 2 heterocycles. The smallest absolute Gasteiger partial charge is 0.305 e. The van der Waals surface area contributed by atoms with Crippen molar-refractivity contribution >= 4 is 29.1 Å². The first-order valence-corrected chi connectivity index (χ1v) is 6.04. The fraction of sp³-hybridized carbons (Fsp3) is 0.250. The quantitative estimate of drug-likeness (QED) is 0.860. The Morgan fingerprint density at radius 1 is 1.37 bits per heavy atom. The number of carboxylic acid groups (broad SMARTS) is 1. The number of hydrogen-bond donors (Lipinski definition) is 2. The summed E-state index contributed by atoms with van der Waals surface area (Å²) in [4.78, 5) is 26.1. The van der Waals surface area contributed by atoms with E-state index < -0.39 is 5.97 Å². The van der Waals surface area contributed by atoms with Gasteiger partial charge in [-0.15, -0.1) is 0 Å². The van der Waals surface area contributed by atoms with Crippen LogP contribution in [0.1, 0.15) is 12.1 Å². The third-order valence-corrected chi connectivity index (χ3v) is 2.69. The molecule has 2 aromatic heterocycles. The first kappa shape index (κ1) is 13.4. The van der Waals surface area contributed by atoms with Gasteiger partial charge < -0.3 is 14.8 Å². The number of halogens is 1. The van der Waals surface area contributed by atoms with E-state index in [-0.39, 0.29) is 25.3 Å². The van der Waals surface area contributed by atoms with Crippen LogP contribution >= 0.6 is 11.6 Å². The van der Waals surface area contributed by atoms with E-state index in [2.05, 4.69) is 10.3 Å². The maximum absolute atomic E-state index is 11.6. The number of rotatable bonds is 5. The molecule has 0 fully saturated rings. The zero-order chi connectivity index (χ0) is 13.8. The fourth-order valence-corrected chi connectivity index (χ4v) is 1.81. The van der Waals surface area contributed by atoms with Gasteiger partial charge in [0.25, 0.3) is 0 Å². The predicted molar refractivity (Wildman–Crippen MR) is 69.2 cm³/mol. The molecule has 0 atom stereocenters. The zero-order valence-corrected chi connectivity index (χ0v) is 10.7. The summed E-state index contributed by atoms with van der Waals surface area (Å²) in [5.41, 5.74) is 1.31. The average Bonchev–Trinajstić information content (AvgIpc) is 2.69. The van der Waals surface area contributed by atoms with Gasteiger partial charge in [-0.1, -0.05) is 11.6 Å². The average molecular weight is 282 g/mol. The lowest BCUT2D eigenvalue weighted by Gasteiger charge is -2.00. The lowest BCUT2D eigenvalue weighted by molar-refractivity contribution is -0.136. The molecule has 0 aliphatic carbocycles. The number of aliphatic carboxylic acids is 1. The molecular formula is C12H12ClN3O3. The van der Waals surface area contributed by atoms with Crippen LogP contribution < -0.4 is 5.32 Å². The Labute approximate surface area is 114 Å². The number of aromatic nitrogens is 2. The number of nitrogens with one attached hydrogen (secondary N) is 1. The highest BCUT2D eigenvalue weighted by Crippen LogP contribution is 2.11. The summed E-state index contributed by atoms with van der Waals surface area (Å²) in [6, 6.07) is 3.48. The van der Waals surface area contributed by atoms with Gasteiger partial charge >= 0.3 is 5.97 Å². The summed E-state index contributed by atoms with van der Waals surface area (Å²) in [6.45, 7) is 0.118. The van der Waals surface area contributed by atoms with Crippen LogP contribution in [0.2, 0.25) is 5.02 Å². The number of amides is 1. The van der Waals surface area contributed by atoms with Crippen molar-refractivity contribution in [3.05, 3.63) is 35.2 Å². The summed E-state index contributed by atoms with van der Waals surface area (Å²) >= 11 is 5.85. The topological polar surface area (TPSA) is 83.7 Å². The molecule has 0 aliphatic heterocycles. The van der Waals surface area contributed by atoms with Crippen LogP contribution in [0.5, 0.6) is 0 Å². The van der Waals surface area contributed by atoms with Crippen molar-refractivity contribution in [2.24, 2.45) is 0 Å². The second-order valence-corrected chi connectivity index (χ2v) is 4.45. The first-order valence-electron chi connectivity index (χ1n) is 5.66. The minimum absolute atomic E-state index is 0.0908. The molecule has 0 aromatic carbocycles. The first-order chi connectivity index (χ1) is 9.04. The monoisotopic (exact) mass is 281 g/mol. The van der Waals surface area contributed by atoms with E-state index >= 15 is 0 Å². The number of fused-ring (bicyclic) bond motifs is 1. The maximum Gasteiger partial charge on any atom is 0.305 e. The Morgan fingerprint density at radius 2 is 2.16 bits per heavy atom. The molecule has 2 rings (SSSR count). The van der Waals surface area contributed by atoms with Gasteiger partial charge in [-0.3, -0.25) is 9.59 Å². The van der Waals surface area contributed by atoms with Crippen LogP contribution in [-0.2, 0) is 16.0 Å². The Bertz CT molecular complexity index is 624. The predicted octanol–water partition coefficient (Wildman–Crippen LogP) is 1.12. The molecule has 19 heavy (non-hydrogen) atoms. The minimum Gasteiger partial charge on any atom is -0.481 e. The highest BCUT2D eigenvalue weighted by Gasteiger charge is 2.08. The molecule has 2 N–H and O–H groups in total. The van der Waals surface area contributed by atoms with E-state index in [9.17, 15) is 9.59 Å². The minimum atomic E-state index is -0.942. The van der Waals surface area contributed by atoms with Gasteiger partial charge in [-0.2, -0.15) is 0 Å². The molecule has 100 valence electrons. The summed E-state index contributed by atoms with van der Waals surface area (Å²) in [5, 5.41) is 11.6. The van der Waals surface area contributed by atoms with Crippen molar-refractivity contribution in [1.82, 2.24) is 14.7 Å². The van der Waals surface area contributed by atoms with Crippen LogP contribution in [-0.4, -0.2) is 32.9 Å². The molecule has 0 saturated carbocycles. The molecule has 0 saturated heterocycles. The second-order valence-electron chi connectivity index (χ2n) is 4.02. The number of carboxylic acids is 1. The number of carbonyl (C=O) groups excluding carboxylic acids is 1. The van der Waals surface area contributed by atoms with Crippen molar-refractivity contribution in [3.63, 3.8) is 0 Å². The van der Waals surface area contributed by atoms with E-state index in [1.165, 1.54) is 0 Å². The molecule has 7 heteroatoms. The van der Waals surface area contributed by atoms with Crippen molar-refractivity contribution in [3.8, 4) is 0 Å². The van der Waals surface area contributed by atoms with E-state index in [0.29, 0.717) is 16.4 Å². The summed E-state index contributed by atoms with van der Waals surface area (Å²) in [5.74, 6) is -1.20. The Morgan fingerprint density at radius 3 is 2.89 bits per heavy atom. The summed E-state index contributed by atoms with van der Waals surface area (Å²) in [6.07, 6.45) is 3.44. The van der Waals surface area contributed by atoms with Crippen molar-refractivity contribution in [1.29, 1.82) is 0 Å². The van der Waals surface area contributed by atoms with Crippen molar-refractivity contribution in [2.75, 3.05) is 6.54 Å². The SMILES string of the molecule is O=C(O)CCNC(=O)Cc1cn2cc(Cl)ccc2n1. The number of pyridine rings is 1. The Kier molecular flexibility index (Phi) is 4.01. The van der Waals surface area contributed by atoms with Gasteiger partial charge in [-0.05, 0) is 12.1 Å². The number of carbonyl (C=O) groups is 2. The van der Waals surface area contributed by atoms with Gasteiger partial charge in [0, 0.05) is 18.9 Å². The van der Waals surface area contributed by atoms with E-state index in [1.54, 1.807) is 28.9 Å². The normalized spacial score (nSPS) is 10.6. The Balaban J connectivity index is 1.97. The van der Waals surface area contributed by atoms with Gasteiger partial charge in [0.05, 0.1) is 23.6 Å². The zero-order valence-electron chi connectivity index (χ0n) is 9.97. The summed E-state index contributed by atoms with van der Waals surface area (Å²) in [7, 11) is 0. The van der Waals surface area contributed by atoms with Gasteiger partial charge in [0.1, 0.15) is 5.65 Å². The molecule has 0 aliphatic rings. The molecule has 1 amide bonds. The molecular weight excluding hydrogens is 270 g/mol. The molecule has 0 spiro atoms. The van der Waals surface area contributed by atoms with Gasteiger partial charge in [-0.25, -0.2) is 4.98 Å². The fourth-order valence-electron chi connectivity index (χ4n) is 1.64. The van der Waals surface area contributed by atoms with E-state index in [4.69, 9.17) is 16.7 Å². The van der Waals surface area contributed by atoms with Crippen LogP contribution in [0.4, 0.5) is 0 Å². The third kappa shape index (κ3) is 3.69. The number of imidazole rings is 1. The standard InChI is InChI=1S/C12H12ClN3O3/c13-8-1-2-10-15-9(7-16(10)6-8)5-11(17)14-4-3-12(18)19/h1-2,6-7H,3-5H2,(H,14,17)(H,18,19). The highest BCUT2D eigenvalue weighted by atomic mass is 35.5. The molecule has 0 unspecified atom stereocenters. The van der Waals surface area contributed by atoms with Crippen molar-refractivity contribution < 1.29 is 14.7 Å². The second kappa shape index (κ2) is 5.71. The van der Waals surface area contributed by atoms with Crippen LogP contribution in [0.25, 0.3) is 5.65 Å². The summed E-state index contributed by atoms with van der Waals surface area (Å²) < 4.78 is 1.74. The Hall–Kier alpha value is -2.08. The van der Waals surface area contributed by atoms with Crippen LogP contribution in [0.15, 0.2) is 24.5 Å². The van der Waals surface area contributed by atoms with E-state index in [0.717, 1.165) is 0 Å². The third-order valence-electron chi connectivity index (χ3n) is 2.47. The largest absolute Gasteiger partial charge is 0.481 e. The van der Waals surface area contributed by atoms with Gasteiger partial charge in [0.2, 0.25) is 5.91 Å². The molecule has 0 radical (unpaired) electrons. The maximum atomic E-state index is 11.6. The molecule has 0 bridgehead atoms. The van der Waals surface area contributed by atoms with E-state index in [1.807, 2.05) is 0 Å². The molecule has 2 aromatic rings.